The van der Waals surface area contributed by atoms with Gasteiger partial charge in [-0.15, -0.1) is 12.4 Å². The van der Waals surface area contributed by atoms with Crippen molar-refractivity contribution in [3.63, 3.8) is 0 Å². The number of halogens is 4. The quantitative estimate of drug-likeness (QED) is 0.342. The van der Waals surface area contributed by atoms with Crippen molar-refractivity contribution in [2.24, 2.45) is 5.73 Å². The summed E-state index contributed by atoms with van der Waals surface area (Å²) in [5, 5.41) is 3.50. The topological polar surface area (TPSA) is 107 Å². The van der Waals surface area contributed by atoms with Crippen LogP contribution in [0.2, 0.25) is 0 Å². The van der Waals surface area contributed by atoms with Gasteiger partial charge in [0, 0.05) is 58.6 Å². The fourth-order valence-corrected chi connectivity index (χ4v) is 5.86. The molecule has 2 aromatic rings. The van der Waals surface area contributed by atoms with E-state index in [9.17, 15) is 4.39 Å². The van der Waals surface area contributed by atoms with Crippen LogP contribution in [0.15, 0.2) is 24.3 Å². The summed E-state index contributed by atoms with van der Waals surface area (Å²) in [6.45, 7) is 9.68. The number of hydrogen-bond donors (Lipinski definition) is 2. The van der Waals surface area contributed by atoms with Crippen LogP contribution in [0.1, 0.15) is 25.7 Å². The predicted molar refractivity (Wildman–Crippen MR) is 183 cm³/mol. The third kappa shape index (κ3) is 12.7. The molecule has 3 N–H and O–H groups in total. The van der Waals surface area contributed by atoms with Gasteiger partial charge in [0.25, 0.3) is 0 Å². The molecule has 236 valence electrons. The van der Waals surface area contributed by atoms with Gasteiger partial charge in [-0.05, 0) is 89.1 Å². The largest absolute Gasteiger partial charge is 0.380 e. The van der Waals surface area contributed by atoms with Crippen LogP contribution in [-0.4, -0.2) is 101 Å². The van der Waals surface area contributed by atoms with E-state index < -0.39 is 5.95 Å². The molecule has 6 heterocycles. The first-order chi connectivity index (χ1) is 20.0. The van der Waals surface area contributed by atoms with E-state index in [4.69, 9.17) is 29.7 Å². The first kappa shape index (κ1) is 35.7. The summed E-state index contributed by atoms with van der Waals surface area (Å²) in [5.74, 6) is 2.28. The molecule has 0 bridgehead atoms. The van der Waals surface area contributed by atoms with Gasteiger partial charge in [0.15, 0.2) is 0 Å². The summed E-state index contributed by atoms with van der Waals surface area (Å²) < 4.78 is 36.3. The number of rotatable bonds is 4. The van der Waals surface area contributed by atoms with Gasteiger partial charge in [0.1, 0.15) is 17.5 Å². The number of anilines is 3. The lowest BCUT2D eigenvalue weighted by Gasteiger charge is -2.29. The fourth-order valence-electron chi connectivity index (χ4n) is 4.75. The summed E-state index contributed by atoms with van der Waals surface area (Å²) in [6.07, 6.45) is 4.55. The molecule has 2 atom stereocenters. The van der Waals surface area contributed by atoms with Crippen LogP contribution in [-0.2, 0) is 18.9 Å². The fraction of sp³-hybridized carbons (Fsp3) is 0.643. The van der Waals surface area contributed by atoms with Crippen molar-refractivity contribution >= 4 is 75.0 Å². The van der Waals surface area contributed by atoms with Crippen molar-refractivity contribution in [3.8, 4) is 0 Å². The summed E-state index contributed by atoms with van der Waals surface area (Å²) in [5.41, 5.74) is 5.51. The smallest absolute Gasteiger partial charge is 0.215 e. The van der Waals surface area contributed by atoms with Gasteiger partial charge in [-0.25, -0.2) is 9.97 Å². The summed E-state index contributed by atoms with van der Waals surface area (Å²) >= 11 is 4.44. The van der Waals surface area contributed by atoms with Gasteiger partial charge >= 0.3 is 0 Å². The first-order valence-electron chi connectivity index (χ1n) is 14.3. The Labute approximate surface area is 281 Å². The molecule has 4 fully saturated rings. The van der Waals surface area contributed by atoms with Crippen LogP contribution in [0, 0.1) is 13.1 Å². The minimum absolute atomic E-state index is 0. The highest BCUT2D eigenvalue weighted by molar-refractivity contribution is 14.1. The van der Waals surface area contributed by atoms with Gasteiger partial charge < -0.3 is 39.8 Å². The summed E-state index contributed by atoms with van der Waals surface area (Å²) in [7, 11) is 0. The molecule has 42 heavy (non-hydrogen) atoms. The SMILES string of the molecule is Cl.Fc1cc(I)cc(N2CCOCC2)n1.Ic1cc(N[C@H]2CCCOC2)nc(N2CCOCC2)c1.N[C@H]1CCCOC1. The second-order valence-corrected chi connectivity index (χ2v) is 12.7. The number of ether oxygens (including phenoxy) is 4. The standard InChI is InChI=1S/C14H20IN3O2.C9H10FIN2O.C5H11NO.ClH/c15-11-8-13(16-12-2-1-5-20-10-12)17-14(9-11)18-3-6-19-7-4-18;10-8-5-7(11)6-9(12-8)13-1-3-14-4-2-13;6-5-2-1-3-7-4-5;/h8-9,12H,1-7,10H2,(H,16,17);5-6H,1-4H2;5H,1-4,6H2;1H/t12-;;5-;/m0.0./s1. The molecule has 4 aliphatic rings. The van der Waals surface area contributed by atoms with Gasteiger partial charge in [0.05, 0.1) is 45.7 Å². The lowest BCUT2D eigenvalue weighted by molar-refractivity contribution is 0.0822. The normalized spacial score (nSPS) is 22.5. The number of pyridine rings is 2. The maximum atomic E-state index is 13.0. The molecule has 10 nitrogen and oxygen atoms in total. The number of morpholine rings is 2. The highest BCUT2D eigenvalue weighted by Gasteiger charge is 2.17. The molecule has 0 radical (unpaired) electrons. The van der Waals surface area contributed by atoms with Crippen LogP contribution < -0.4 is 20.9 Å². The van der Waals surface area contributed by atoms with Gasteiger partial charge in [-0.2, -0.15) is 4.39 Å². The lowest BCUT2D eigenvalue weighted by Crippen LogP contribution is -2.37. The van der Waals surface area contributed by atoms with Crippen LogP contribution in [0.25, 0.3) is 0 Å². The second-order valence-electron chi connectivity index (χ2n) is 10.2. The Kier molecular flexibility index (Phi) is 16.6. The number of nitrogens with one attached hydrogen (secondary N) is 1. The molecule has 0 unspecified atom stereocenters. The minimum Gasteiger partial charge on any atom is -0.380 e. The zero-order chi connectivity index (χ0) is 28.9. The van der Waals surface area contributed by atoms with Crippen LogP contribution in [0.3, 0.4) is 0 Å². The Hall–Kier alpha value is -0.820. The molecule has 4 saturated heterocycles. The molecule has 14 heteroatoms. The van der Waals surface area contributed by atoms with Gasteiger partial charge in [0.2, 0.25) is 5.95 Å². The van der Waals surface area contributed by atoms with E-state index in [1.807, 2.05) is 11.0 Å². The second kappa shape index (κ2) is 19.5. The zero-order valence-electron chi connectivity index (χ0n) is 23.8. The van der Waals surface area contributed by atoms with E-state index in [-0.39, 0.29) is 12.4 Å². The molecule has 0 spiro atoms. The van der Waals surface area contributed by atoms with E-state index in [0.717, 1.165) is 107 Å². The van der Waals surface area contributed by atoms with E-state index in [1.165, 1.54) is 9.64 Å². The molecular formula is C28H42ClFI2N6O4. The summed E-state index contributed by atoms with van der Waals surface area (Å²) in [4.78, 5) is 12.9. The number of aromatic nitrogens is 2. The molecular weight excluding hydrogens is 793 g/mol. The monoisotopic (exact) mass is 834 g/mol. The molecule has 4 aliphatic heterocycles. The highest BCUT2D eigenvalue weighted by atomic mass is 127. The third-order valence-corrected chi connectivity index (χ3v) is 8.15. The molecule has 0 aromatic carbocycles. The zero-order valence-corrected chi connectivity index (χ0v) is 29.0. The predicted octanol–water partition coefficient (Wildman–Crippen LogP) is 4.32. The van der Waals surface area contributed by atoms with Crippen molar-refractivity contribution in [2.75, 3.05) is 94.2 Å². The Bertz CT molecular complexity index is 1040. The Balaban J connectivity index is 0.000000191. The maximum Gasteiger partial charge on any atom is 0.215 e. The Morgan fingerprint density at radius 3 is 1.76 bits per heavy atom. The average molecular weight is 835 g/mol. The van der Waals surface area contributed by atoms with Crippen molar-refractivity contribution < 1.29 is 23.3 Å². The Morgan fingerprint density at radius 2 is 1.29 bits per heavy atom. The van der Waals surface area contributed by atoms with Crippen molar-refractivity contribution in [3.05, 3.63) is 37.4 Å². The van der Waals surface area contributed by atoms with Crippen molar-refractivity contribution in [1.82, 2.24) is 9.97 Å². The van der Waals surface area contributed by atoms with Crippen molar-refractivity contribution in [1.29, 1.82) is 0 Å². The third-order valence-electron chi connectivity index (χ3n) is 6.90. The van der Waals surface area contributed by atoms with Crippen LogP contribution in [0.4, 0.5) is 21.8 Å². The maximum absolute atomic E-state index is 13.0. The lowest BCUT2D eigenvalue weighted by atomic mass is 10.1. The highest BCUT2D eigenvalue weighted by Crippen LogP contribution is 2.22. The van der Waals surface area contributed by atoms with E-state index >= 15 is 0 Å². The first-order valence-corrected chi connectivity index (χ1v) is 16.5. The number of hydrogen-bond acceptors (Lipinski definition) is 10. The minimum atomic E-state index is -0.418. The Morgan fingerprint density at radius 1 is 0.738 bits per heavy atom. The average Bonchev–Trinajstić information content (AvgIpc) is 2.99. The van der Waals surface area contributed by atoms with Crippen LogP contribution in [0.5, 0.6) is 0 Å². The van der Waals surface area contributed by atoms with Gasteiger partial charge in [-0.1, -0.05) is 0 Å². The van der Waals surface area contributed by atoms with E-state index in [0.29, 0.717) is 31.1 Å². The molecule has 0 amide bonds. The van der Waals surface area contributed by atoms with Gasteiger partial charge in [-0.3, -0.25) is 0 Å². The molecule has 0 saturated carbocycles. The molecule has 0 aliphatic carbocycles. The van der Waals surface area contributed by atoms with E-state index in [2.05, 4.69) is 72.5 Å². The van der Waals surface area contributed by atoms with Crippen molar-refractivity contribution in [2.45, 2.75) is 37.8 Å². The molecule has 6 rings (SSSR count). The number of nitrogens with two attached hydrogens (primary N) is 1. The van der Waals surface area contributed by atoms with Crippen LogP contribution >= 0.6 is 57.6 Å². The number of nitrogens with zero attached hydrogens (tertiary/aromatic N) is 4. The summed E-state index contributed by atoms with van der Waals surface area (Å²) in [6, 6.07) is 8.23. The van der Waals surface area contributed by atoms with E-state index in [1.54, 1.807) is 0 Å². The molecule has 2 aromatic heterocycles.